The van der Waals surface area contributed by atoms with E-state index in [1.165, 1.54) is 24.1 Å². The number of benzene rings is 2. The SMILES string of the molecule is CC(C)CCCc1cc(Cl)c(F)c(-c2cc3cn(-c4ccc(C5CCCC(CCC6=NCCNC6)N5)cc4)c(=O)nc3[nH]2)c1. The van der Waals surface area contributed by atoms with Crippen LogP contribution in [-0.4, -0.2) is 45.9 Å². The summed E-state index contributed by atoms with van der Waals surface area (Å²) >= 11 is 6.29. The van der Waals surface area contributed by atoms with Crippen LogP contribution in [0.4, 0.5) is 4.39 Å². The number of aromatic nitrogens is 3. The normalized spacial score (nSPS) is 19.1. The van der Waals surface area contributed by atoms with Crippen molar-refractivity contribution >= 4 is 28.3 Å². The predicted molar refractivity (Wildman–Crippen MR) is 178 cm³/mol. The molecule has 232 valence electrons. The first-order chi connectivity index (χ1) is 21.3. The van der Waals surface area contributed by atoms with Crippen LogP contribution in [0.25, 0.3) is 28.0 Å². The topological polar surface area (TPSA) is 87.1 Å². The number of halogens is 2. The van der Waals surface area contributed by atoms with Gasteiger partial charge in [0.15, 0.2) is 5.82 Å². The number of fused-ring (bicyclic) bond motifs is 1. The Morgan fingerprint density at radius 2 is 1.95 bits per heavy atom. The second-order valence-electron chi connectivity index (χ2n) is 12.7. The Hall–Kier alpha value is -3.33. The number of aliphatic imine (C=N–C) groups is 1. The molecule has 6 rings (SSSR count). The smallest absolute Gasteiger partial charge is 0.339 e. The summed E-state index contributed by atoms with van der Waals surface area (Å²) in [6.07, 6.45) is 10.3. The Kier molecular flexibility index (Phi) is 9.59. The predicted octanol–water partition coefficient (Wildman–Crippen LogP) is 7.16. The Labute approximate surface area is 263 Å². The van der Waals surface area contributed by atoms with E-state index in [-0.39, 0.29) is 5.02 Å². The summed E-state index contributed by atoms with van der Waals surface area (Å²) in [5, 5.41) is 8.08. The highest BCUT2D eigenvalue weighted by atomic mass is 35.5. The molecule has 0 radical (unpaired) electrons. The monoisotopic (exact) mass is 616 g/mol. The lowest BCUT2D eigenvalue weighted by Gasteiger charge is -2.32. The van der Waals surface area contributed by atoms with Gasteiger partial charge in [-0.1, -0.05) is 50.4 Å². The standard InChI is InChI=1S/C35H42ClFN6O/c1-22(2)5-3-6-23-17-29(33(37)30(36)18-23)32-19-25-21-43(35(44)42-34(25)41-32)28-13-9-24(10-14-28)31-8-4-7-26(40-31)11-12-27-20-38-15-16-39-27/h9-10,13-14,17-19,21-22,26,31,38,40H,3-8,11-12,15-16,20H2,1-2H3,(H,41,42,44). The molecule has 2 atom stereocenters. The quantitative estimate of drug-likeness (QED) is 0.176. The van der Waals surface area contributed by atoms with Crippen LogP contribution in [0.1, 0.15) is 76.0 Å². The molecular formula is C35H42ClFN6O. The van der Waals surface area contributed by atoms with Gasteiger partial charge in [0.25, 0.3) is 0 Å². The average Bonchev–Trinajstić information content (AvgIpc) is 3.44. The molecule has 4 aromatic rings. The molecule has 0 saturated carbocycles. The molecule has 2 aliphatic rings. The van der Waals surface area contributed by atoms with Gasteiger partial charge in [-0.15, -0.1) is 0 Å². The van der Waals surface area contributed by atoms with E-state index in [9.17, 15) is 4.79 Å². The lowest BCUT2D eigenvalue weighted by atomic mass is 9.91. The summed E-state index contributed by atoms with van der Waals surface area (Å²) in [5.74, 6) is 0.135. The molecule has 1 saturated heterocycles. The molecule has 44 heavy (non-hydrogen) atoms. The minimum Gasteiger partial charge on any atom is -0.339 e. The highest BCUT2D eigenvalue weighted by Gasteiger charge is 2.23. The maximum atomic E-state index is 15.2. The van der Waals surface area contributed by atoms with Gasteiger partial charge in [-0.3, -0.25) is 9.56 Å². The molecule has 2 aromatic heterocycles. The highest BCUT2D eigenvalue weighted by Crippen LogP contribution is 2.32. The summed E-state index contributed by atoms with van der Waals surface area (Å²) in [6.45, 7) is 7.18. The van der Waals surface area contributed by atoms with Crippen molar-refractivity contribution in [2.24, 2.45) is 10.9 Å². The minimum absolute atomic E-state index is 0.100. The lowest BCUT2D eigenvalue weighted by Crippen LogP contribution is -2.38. The van der Waals surface area contributed by atoms with Gasteiger partial charge in [0.05, 0.1) is 22.9 Å². The third-order valence-corrected chi connectivity index (χ3v) is 9.20. The number of hydrogen-bond acceptors (Lipinski definition) is 5. The molecule has 0 bridgehead atoms. The van der Waals surface area contributed by atoms with Crippen molar-refractivity contribution in [2.75, 3.05) is 19.6 Å². The first-order valence-corrected chi connectivity index (χ1v) is 16.4. The van der Waals surface area contributed by atoms with Gasteiger partial charge in [-0.25, -0.2) is 9.18 Å². The zero-order valence-electron chi connectivity index (χ0n) is 25.6. The van der Waals surface area contributed by atoms with Crippen molar-refractivity contribution in [1.29, 1.82) is 0 Å². The third kappa shape index (κ3) is 7.14. The van der Waals surface area contributed by atoms with E-state index < -0.39 is 11.5 Å². The molecule has 4 heterocycles. The van der Waals surface area contributed by atoms with Gasteiger partial charge in [0.2, 0.25) is 0 Å². The fourth-order valence-electron chi connectivity index (χ4n) is 6.49. The molecule has 1 fully saturated rings. The minimum atomic E-state index is -0.477. The molecule has 0 aliphatic carbocycles. The first kappa shape index (κ1) is 30.7. The van der Waals surface area contributed by atoms with Crippen molar-refractivity contribution in [3.63, 3.8) is 0 Å². The van der Waals surface area contributed by atoms with E-state index in [4.69, 9.17) is 11.6 Å². The van der Waals surface area contributed by atoms with E-state index in [0.717, 1.165) is 74.8 Å². The van der Waals surface area contributed by atoms with Gasteiger partial charge >= 0.3 is 5.69 Å². The van der Waals surface area contributed by atoms with E-state index in [2.05, 4.69) is 51.6 Å². The maximum Gasteiger partial charge on any atom is 0.354 e. The number of H-pyrrole nitrogens is 1. The van der Waals surface area contributed by atoms with Crippen LogP contribution in [0.2, 0.25) is 5.02 Å². The number of rotatable bonds is 10. The number of piperidine rings is 1. The van der Waals surface area contributed by atoms with Crippen molar-refractivity contribution < 1.29 is 4.39 Å². The van der Waals surface area contributed by atoms with Crippen molar-refractivity contribution in [3.8, 4) is 16.9 Å². The molecular weight excluding hydrogens is 575 g/mol. The second-order valence-corrected chi connectivity index (χ2v) is 13.1. The summed E-state index contributed by atoms with van der Waals surface area (Å²) < 4.78 is 16.7. The van der Waals surface area contributed by atoms with Crippen molar-refractivity contribution in [3.05, 3.63) is 81.1 Å². The highest BCUT2D eigenvalue weighted by molar-refractivity contribution is 6.31. The Bertz CT molecular complexity index is 1690. The number of aryl methyl sites for hydroxylation is 1. The van der Waals surface area contributed by atoms with Crippen molar-refractivity contribution in [2.45, 2.75) is 77.3 Å². The average molecular weight is 617 g/mol. The summed E-state index contributed by atoms with van der Waals surface area (Å²) in [7, 11) is 0. The van der Waals surface area contributed by atoms with Crippen LogP contribution in [-0.2, 0) is 6.42 Å². The summed E-state index contributed by atoms with van der Waals surface area (Å²) in [5.41, 5.74) is 5.22. The van der Waals surface area contributed by atoms with E-state index >= 15 is 4.39 Å². The van der Waals surface area contributed by atoms with Gasteiger partial charge < -0.3 is 15.6 Å². The Balaban J connectivity index is 1.18. The number of nitrogens with zero attached hydrogens (tertiary/aromatic N) is 3. The molecule has 3 N–H and O–H groups in total. The van der Waals surface area contributed by atoms with E-state index in [1.807, 2.05) is 24.3 Å². The first-order valence-electron chi connectivity index (χ1n) is 16.0. The Morgan fingerprint density at radius 1 is 1.11 bits per heavy atom. The number of hydrogen-bond donors (Lipinski definition) is 3. The molecule has 2 aromatic carbocycles. The maximum absolute atomic E-state index is 15.2. The van der Waals surface area contributed by atoms with Crippen LogP contribution in [0.3, 0.4) is 0 Å². The van der Waals surface area contributed by atoms with Crippen LogP contribution in [0.5, 0.6) is 0 Å². The fourth-order valence-corrected chi connectivity index (χ4v) is 6.73. The number of nitrogens with one attached hydrogen (secondary N) is 3. The molecule has 9 heteroatoms. The number of aromatic amines is 1. The van der Waals surface area contributed by atoms with Crippen LogP contribution < -0.4 is 16.3 Å². The van der Waals surface area contributed by atoms with Gasteiger partial charge in [0, 0.05) is 48.0 Å². The third-order valence-electron chi connectivity index (χ3n) is 8.92. The van der Waals surface area contributed by atoms with Gasteiger partial charge in [-0.05, 0) is 85.9 Å². The summed E-state index contributed by atoms with van der Waals surface area (Å²) in [4.78, 5) is 25.2. The molecule has 0 amide bonds. The molecule has 0 spiro atoms. The second kappa shape index (κ2) is 13.8. The molecule has 2 aliphatic heterocycles. The van der Waals surface area contributed by atoms with Crippen molar-refractivity contribution in [1.82, 2.24) is 25.2 Å². The lowest BCUT2D eigenvalue weighted by molar-refractivity contribution is 0.314. The zero-order chi connectivity index (χ0) is 30.6. The van der Waals surface area contributed by atoms with Gasteiger partial charge in [-0.2, -0.15) is 4.98 Å². The van der Waals surface area contributed by atoms with Crippen LogP contribution >= 0.6 is 11.6 Å². The molecule has 2 unspecified atom stereocenters. The van der Waals surface area contributed by atoms with Crippen LogP contribution in [0, 0.1) is 11.7 Å². The zero-order valence-corrected chi connectivity index (χ0v) is 26.4. The molecule has 7 nitrogen and oxygen atoms in total. The van der Waals surface area contributed by atoms with Crippen LogP contribution in [0.15, 0.2) is 58.4 Å². The van der Waals surface area contributed by atoms with E-state index in [1.54, 1.807) is 16.8 Å². The summed E-state index contributed by atoms with van der Waals surface area (Å²) in [6, 6.07) is 14.3. The Morgan fingerprint density at radius 3 is 2.73 bits per heavy atom. The fraction of sp³-hybridized carbons (Fsp3) is 0.457. The largest absolute Gasteiger partial charge is 0.354 e. The van der Waals surface area contributed by atoms with E-state index in [0.29, 0.717) is 34.9 Å². The van der Waals surface area contributed by atoms with Gasteiger partial charge in [0.1, 0.15) is 5.65 Å².